The normalized spacial score (nSPS) is 13.6. The van der Waals surface area contributed by atoms with E-state index in [2.05, 4.69) is 10.1 Å². The van der Waals surface area contributed by atoms with Gasteiger partial charge in [0.05, 0.1) is 6.04 Å². The van der Waals surface area contributed by atoms with Crippen LogP contribution in [0.25, 0.3) is 0 Å². The minimum atomic E-state index is -0.0695. The van der Waals surface area contributed by atoms with Crippen molar-refractivity contribution in [3.63, 3.8) is 0 Å². The molecule has 0 aliphatic carbocycles. The van der Waals surface area contributed by atoms with Gasteiger partial charge in [0.25, 0.3) is 0 Å². The third-order valence-electron chi connectivity index (χ3n) is 1.40. The molecule has 2 N–H and O–H groups in total. The Hall–Kier alpha value is -0.900. The van der Waals surface area contributed by atoms with Crippen LogP contribution in [0.4, 0.5) is 0 Å². The molecule has 4 nitrogen and oxygen atoms in total. The second kappa shape index (κ2) is 2.38. The summed E-state index contributed by atoms with van der Waals surface area (Å²) in [5, 5.41) is 4.09. The average molecular weight is 140 g/mol. The average Bonchev–Trinajstić information content (AvgIpc) is 2.13. The molecule has 0 fully saturated rings. The summed E-state index contributed by atoms with van der Waals surface area (Å²) in [6, 6.07) is -0.0695. The van der Waals surface area contributed by atoms with Crippen molar-refractivity contribution in [3.05, 3.63) is 11.6 Å². The molecular weight excluding hydrogens is 128 g/mol. The first-order valence-electron chi connectivity index (χ1n) is 3.24. The van der Waals surface area contributed by atoms with Crippen molar-refractivity contribution >= 4 is 0 Å². The second-order valence-corrected chi connectivity index (χ2v) is 2.43. The Labute approximate surface area is 60.1 Å². The van der Waals surface area contributed by atoms with Crippen LogP contribution >= 0.6 is 0 Å². The quantitative estimate of drug-likeness (QED) is 0.603. The van der Waals surface area contributed by atoms with E-state index >= 15 is 0 Å². The van der Waals surface area contributed by atoms with Gasteiger partial charge in [-0.05, 0) is 13.8 Å². The van der Waals surface area contributed by atoms with Gasteiger partial charge in [-0.1, -0.05) is 0 Å². The first-order valence-corrected chi connectivity index (χ1v) is 3.24. The number of aromatic nitrogens is 3. The number of hydrogen-bond acceptors (Lipinski definition) is 3. The Kier molecular flexibility index (Phi) is 1.72. The maximum Gasteiger partial charge on any atom is 0.167 e. The molecule has 0 spiro atoms. The molecule has 0 aliphatic rings. The van der Waals surface area contributed by atoms with Crippen LogP contribution in [0.2, 0.25) is 0 Å². The summed E-state index contributed by atoms with van der Waals surface area (Å²) in [7, 11) is 1.86. The van der Waals surface area contributed by atoms with Gasteiger partial charge in [0.2, 0.25) is 0 Å². The molecule has 1 heterocycles. The SMILES string of the molecule is Cc1nc(C(C)N)nn1C. The van der Waals surface area contributed by atoms with E-state index in [1.807, 2.05) is 20.9 Å². The van der Waals surface area contributed by atoms with Crippen molar-refractivity contribution < 1.29 is 0 Å². The Morgan fingerprint density at radius 1 is 1.60 bits per heavy atom. The van der Waals surface area contributed by atoms with Crippen LogP contribution in [0, 0.1) is 6.92 Å². The van der Waals surface area contributed by atoms with Gasteiger partial charge in [0, 0.05) is 7.05 Å². The molecule has 10 heavy (non-hydrogen) atoms. The highest BCUT2D eigenvalue weighted by molar-refractivity contribution is 4.93. The van der Waals surface area contributed by atoms with E-state index in [-0.39, 0.29) is 6.04 Å². The van der Waals surface area contributed by atoms with E-state index in [4.69, 9.17) is 5.73 Å². The molecule has 56 valence electrons. The zero-order valence-corrected chi connectivity index (χ0v) is 6.50. The predicted octanol–water partition coefficient (Wildman–Crippen LogP) is 0.143. The highest BCUT2D eigenvalue weighted by Crippen LogP contribution is 2.02. The highest BCUT2D eigenvalue weighted by Gasteiger charge is 2.05. The molecule has 0 saturated heterocycles. The number of hydrogen-bond donors (Lipinski definition) is 1. The van der Waals surface area contributed by atoms with E-state index < -0.39 is 0 Å². The summed E-state index contributed by atoms with van der Waals surface area (Å²) in [5.41, 5.74) is 5.56. The van der Waals surface area contributed by atoms with Gasteiger partial charge in [-0.25, -0.2) is 4.98 Å². The van der Waals surface area contributed by atoms with Crippen molar-refractivity contribution in [3.8, 4) is 0 Å². The third-order valence-corrected chi connectivity index (χ3v) is 1.40. The second-order valence-electron chi connectivity index (χ2n) is 2.43. The van der Waals surface area contributed by atoms with Crippen LogP contribution in [-0.4, -0.2) is 14.8 Å². The van der Waals surface area contributed by atoms with Crippen LogP contribution in [0.15, 0.2) is 0 Å². The van der Waals surface area contributed by atoms with Gasteiger partial charge < -0.3 is 5.73 Å². The zero-order chi connectivity index (χ0) is 7.72. The topological polar surface area (TPSA) is 56.7 Å². The molecule has 0 amide bonds. The lowest BCUT2D eigenvalue weighted by Crippen LogP contribution is -2.07. The Bertz CT molecular complexity index is 206. The summed E-state index contributed by atoms with van der Waals surface area (Å²) in [4.78, 5) is 4.14. The van der Waals surface area contributed by atoms with Gasteiger partial charge in [0.1, 0.15) is 5.82 Å². The molecule has 0 bridgehead atoms. The van der Waals surface area contributed by atoms with Crippen molar-refractivity contribution in [2.24, 2.45) is 12.8 Å². The van der Waals surface area contributed by atoms with Crippen LogP contribution in [0.3, 0.4) is 0 Å². The fourth-order valence-electron chi connectivity index (χ4n) is 0.679. The lowest BCUT2D eigenvalue weighted by molar-refractivity contribution is 0.685. The minimum Gasteiger partial charge on any atom is -0.321 e. The molecule has 0 saturated carbocycles. The van der Waals surface area contributed by atoms with Gasteiger partial charge in [-0.15, -0.1) is 0 Å². The van der Waals surface area contributed by atoms with Gasteiger partial charge in [-0.3, -0.25) is 4.68 Å². The molecule has 1 aromatic rings. The largest absolute Gasteiger partial charge is 0.321 e. The maximum absolute atomic E-state index is 5.56. The molecular formula is C6H12N4. The summed E-state index contributed by atoms with van der Waals surface area (Å²) < 4.78 is 1.72. The Morgan fingerprint density at radius 3 is 2.40 bits per heavy atom. The number of nitrogens with two attached hydrogens (primary N) is 1. The van der Waals surface area contributed by atoms with Crippen LogP contribution < -0.4 is 5.73 Å². The molecule has 1 aromatic heterocycles. The van der Waals surface area contributed by atoms with Gasteiger partial charge in [0.15, 0.2) is 5.82 Å². The monoisotopic (exact) mass is 140 g/mol. The van der Waals surface area contributed by atoms with Crippen molar-refractivity contribution in [1.29, 1.82) is 0 Å². The first-order chi connectivity index (χ1) is 4.61. The lowest BCUT2D eigenvalue weighted by Gasteiger charge is -1.94. The van der Waals surface area contributed by atoms with Crippen molar-refractivity contribution in [2.45, 2.75) is 19.9 Å². The fourth-order valence-corrected chi connectivity index (χ4v) is 0.679. The van der Waals surface area contributed by atoms with Crippen LogP contribution in [-0.2, 0) is 7.05 Å². The maximum atomic E-state index is 5.56. The molecule has 1 atom stereocenters. The molecule has 1 rings (SSSR count). The molecule has 4 heteroatoms. The number of rotatable bonds is 1. The van der Waals surface area contributed by atoms with E-state index in [1.54, 1.807) is 4.68 Å². The van der Waals surface area contributed by atoms with Gasteiger partial charge in [-0.2, -0.15) is 5.10 Å². The highest BCUT2D eigenvalue weighted by atomic mass is 15.3. The Balaban J connectivity index is 2.98. The number of aryl methyl sites for hydroxylation is 2. The molecule has 0 aliphatic heterocycles. The van der Waals surface area contributed by atoms with E-state index in [0.29, 0.717) is 5.82 Å². The summed E-state index contributed by atoms with van der Waals surface area (Å²) in [5.74, 6) is 1.60. The molecule has 0 radical (unpaired) electrons. The minimum absolute atomic E-state index is 0.0695. The van der Waals surface area contributed by atoms with Crippen LogP contribution in [0.1, 0.15) is 24.6 Å². The van der Waals surface area contributed by atoms with E-state index in [1.165, 1.54) is 0 Å². The van der Waals surface area contributed by atoms with Crippen molar-refractivity contribution in [1.82, 2.24) is 14.8 Å². The number of nitrogens with zero attached hydrogens (tertiary/aromatic N) is 3. The Morgan fingerprint density at radius 2 is 2.20 bits per heavy atom. The lowest BCUT2D eigenvalue weighted by atomic mass is 10.3. The fraction of sp³-hybridized carbons (Fsp3) is 0.667. The summed E-state index contributed by atoms with van der Waals surface area (Å²) >= 11 is 0. The zero-order valence-electron chi connectivity index (χ0n) is 6.50. The van der Waals surface area contributed by atoms with Gasteiger partial charge >= 0.3 is 0 Å². The predicted molar refractivity (Wildman–Crippen MR) is 38.3 cm³/mol. The van der Waals surface area contributed by atoms with Crippen molar-refractivity contribution in [2.75, 3.05) is 0 Å². The summed E-state index contributed by atoms with van der Waals surface area (Å²) in [6.07, 6.45) is 0. The molecule has 0 aromatic carbocycles. The molecule has 1 unspecified atom stereocenters. The standard InChI is InChI=1S/C6H12N4/c1-4(7)6-8-5(2)10(3)9-6/h4H,7H2,1-3H3. The van der Waals surface area contributed by atoms with Crippen LogP contribution in [0.5, 0.6) is 0 Å². The summed E-state index contributed by atoms with van der Waals surface area (Å²) in [6.45, 7) is 3.77. The first kappa shape index (κ1) is 7.21. The third kappa shape index (κ3) is 1.16. The smallest absolute Gasteiger partial charge is 0.167 e. The van der Waals surface area contributed by atoms with E-state index in [0.717, 1.165) is 5.82 Å². The van der Waals surface area contributed by atoms with E-state index in [9.17, 15) is 0 Å².